The third kappa shape index (κ3) is 4.77. The van der Waals surface area contributed by atoms with Gasteiger partial charge in [0, 0.05) is 30.8 Å². The van der Waals surface area contributed by atoms with Crippen molar-refractivity contribution in [2.45, 2.75) is 26.3 Å². The second kappa shape index (κ2) is 8.05. The zero-order valence-electron chi connectivity index (χ0n) is 13.2. The van der Waals surface area contributed by atoms with Crippen molar-refractivity contribution in [2.75, 3.05) is 10.6 Å². The molecule has 0 saturated carbocycles. The maximum atomic E-state index is 13.3. The molecule has 0 bridgehead atoms. The van der Waals surface area contributed by atoms with Gasteiger partial charge in [0.15, 0.2) is 0 Å². The van der Waals surface area contributed by atoms with Crippen LogP contribution in [-0.4, -0.2) is 10.8 Å². The molecule has 0 saturated heterocycles. The van der Waals surface area contributed by atoms with Crippen LogP contribution in [-0.2, 0) is 11.3 Å². The van der Waals surface area contributed by atoms with E-state index in [0.29, 0.717) is 18.7 Å². The average Bonchev–Trinajstić information content (AvgIpc) is 2.54. The van der Waals surface area contributed by atoms with Crippen LogP contribution in [0.1, 0.15) is 25.3 Å². The molecule has 126 valence electrons. The number of nitrogens with zero attached hydrogens (tertiary/aromatic N) is 1. The fourth-order valence-corrected chi connectivity index (χ4v) is 2.16. The summed E-state index contributed by atoms with van der Waals surface area (Å²) < 4.78 is 13.3. The molecule has 7 heteroatoms. The van der Waals surface area contributed by atoms with E-state index in [0.717, 1.165) is 30.2 Å². The minimum atomic E-state index is -0.561. The molecule has 0 unspecified atom stereocenters. The Hall–Kier alpha value is -2.96. The van der Waals surface area contributed by atoms with Crippen molar-refractivity contribution < 1.29 is 14.1 Å². The van der Waals surface area contributed by atoms with Gasteiger partial charge >= 0.3 is 0 Å². The number of rotatable bonds is 7. The second-order valence-corrected chi connectivity index (χ2v) is 5.27. The number of nitrogens with one attached hydrogen (secondary N) is 2. The zero-order valence-corrected chi connectivity index (χ0v) is 13.2. The minimum Gasteiger partial charge on any atom is -0.375 e. The molecular weight excluding hydrogens is 313 g/mol. The molecule has 0 atom stereocenters. The summed E-state index contributed by atoms with van der Waals surface area (Å²) in [6, 6.07) is 10.4. The van der Waals surface area contributed by atoms with E-state index >= 15 is 0 Å². The van der Waals surface area contributed by atoms with Gasteiger partial charge in [0.1, 0.15) is 11.5 Å². The monoisotopic (exact) mass is 331 g/mol. The van der Waals surface area contributed by atoms with Gasteiger partial charge in [-0.25, -0.2) is 4.39 Å². The van der Waals surface area contributed by atoms with E-state index in [1.54, 1.807) is 24.3 Å². The Balaban J connectivity index is 2.01. The Labute approximate surface area is 138 Å². The number of benzene rings is 2. The average molecular weight is 331 g/mol. The number of hydrogen-bond donors (Lipinski definition) is 2. The SMILES string of the molecule is CCCC(=O)Nc1ccc(CNc2cc(F)ccc2[N+](=O)[O-])cc1. The smallest absolute Gasteiger partial charge is 0.292 e. The van der Waals surface area contributed by atoms with Gasteiger partial charge in [-0.2, -0.15) is 0 Å². The molecule has 24 heavy (non-hydrogen) atoms. The van der Waals surface area contributed by atoms with Gasteiger partial charge in [0.2, 0.25) is 5.91 Å². The van der Waals surface area contributed by atoms with E-state index in [4.69, 9.17) is 0 Å². The van der Waals surface area contributed by atoms with Gasteiger partial charge < -0.3 is 10.6 Å². The van der Waals surface area contributed by atoms with Gasteiger partial charge in [0.25, 0.3) is 5.69 Å². The number of carbonyl (C=O) groups excluding carboxylic acids is 1. The largest absolute Gasteiger partial charge is 0.375 e. The molecule has 0 aromatic heterocycles. The second-order valence-electron chi connectivity index (χ2n) is 5.27. The highest BCUT2D eigenvalue weighted by Gasteiger charge is 2.14. The molecule has 1 amide bonds. The molecular formula is C17H18FN3O3. The molecule has 0 aliphatic carbocycles. The molecule has 0 aliphatic heterocycles. The van der Waals surface area contributed by atoms with Crippen LogP contribution < -0.4 is 10.6 Å². The van der Waals surface area contributed by atoms with Crippen molar-refractivity contribution in [1.29, 1.82) is 0 Å². The highest BCUT2D eigenvalue weighted by atomic mass is 19.1. The summed E-state index contributed by atoms with van der Waals surface area (Å²) in [4.78, 5) is 21.9. The van der Waals surface area contributed by atoms with Crippen LogP contribution in [0, 0.1) is 15.9 Å². The van der Waals surface area contributed by atoms with Crippen LogP contribution in [0.15, 0.2) is 42.5 Å². The van der Waals surface area contributed by atoms with E-state index in [9.17, 15) is 19.3 Å². The Morgan fingerprint density at radius 2 is 1.92 bits per heavy atom. The first-order valence-corrected chi connectivity index (χ1v) is 7.56. The number of anilines is 2. The quantitative estimate of drug-likeness (QED) is 0.591. The van der Waals surface area contributed by atoms with Crippen molar-refractivity contribution in [3.05, 3.63) is 64.0 Å². The van der Waals surface area contributed by atoms with Crippen LogP contribution >= 0.6 is 0 Å². The molecule has 0 fully saturated rings. The lowest BCUT2D eigenvalue weighted by atomic mass is 10.2. The number of nitro groups is 1. The van der Waals surface area contributed by atoms with E-state index in [2.05, 4.69) is 10.6 Å². The predicted molar refractivity (Wildman–Crippen MR) is 90.4 cm³/mol. The number of carbonyl (C=O) groups is 1. The normalized spacial score (nSPS) is 10.2. The topological polar surface area (TPSA) is 84.3 Å². The molecule has 0 spiro atoms. The molecule has 6 nitrogen and oxygen atoms in total. The summed E-state index contributed by atoms with van der Waals surface area (Å²) in [5.41, 5.74) is 1.48. The van der Waals surface area contributed by atoms with Crippen LogP contribution in [0.4, 0.5) is 21.5 Å². The first-order valence-electron chi connectivity index (χ1n) is 7.56. The fourth-order valence-electron chi connectivity index (χ4n) is 2.16. The van der Waals surface area contributed by atoms with Crippen LogP contribution in [0.25, 0.3) is 0 Å². The first-order chi connectivity index (χ1) is 11.5. The molecule has 0 aliphatic rings. The number of amides is 1. The first kappa shape index (κ1) is 17.4. The summed E-state index contributed by atoms with van der Waals surface area (Å²) >= 11 is 0. The lowest BCUT2D eigenvalue weighted by Gasteiger charge is -2.09. The number of hydrogen-bond acceptors (Lipinski definition) is 4. The third-order valence-electron chi connectivity index (χ3n) is 3.35. The van der Waals surface area contributed by atoms with Crippen LogP contribution in [0.5, 0.6) is 0 Å². The zero-order chi connectivity index (χ0) is 17.5. The van der Waals surface area contributed by atoms with E-state index < -0.39 is 10.7 Å². The Morgan fingerprint density at radius 3 is 2.54 bits per heavy atom. The Kier molecular flexibility index (Phi) is 5.83. The standard InChI is InChI=1S/C17H18FN3O3/c1-2-3-17(22)20-14-7-4-12(5-8-14)11-19-15-10-13(18)6-9-16(15)21(23)24/h4-10,19H,2-3,11H2,1H3,(H,20,22). The molecule has 2 aromatic carbocycles. The summed E-state index contributed by atoms with van der Waals surface area (Å²) in [6.45, 7) is 2.23. The molecule has 2 aromatic rings. The Bertz CT molecular complexity index is 732. The highest BCUT2D eigenvalue weighted by Crippen LogP contribution is 2.25. The maximum absolute atomic E-state index is 13.3. The third-order valence-corrected chi connectivity index (χ3v) is 3.35. The van der Waals surface area contributed by atoms with Crippen molar-refractivity contribution in [1.82, 2.24) is 0 Å². The van der Waals surface area contributed by atoms with E-state index in [1.807, 2.05) is 6.92 Å². The molecule has 2 N–H and O–H groups in total. The fraction of sp³-hybridized carbons (Fsp3) is 0.235. The van der Waals surface area contributed by atoms with E-state index in [1.165, 1.54) is 0 Å². The van der Waals surface area contributed by atoms with Gasteiger partial charge in [-0.15, -0.1) is 0 Å². The maximum Gasteiger partial charge on any atom is 0.292 e. The van der Waals surface area contributed by atoms with Gasteiger partial charge in [-0.3, -0.25) is 14.9 Å². The molecule has 0 heterocycles. The van der Waals surface area contributed by atoms with Crippen LogP contribution in [0.3, 0.4) is 0 Å². The number of halogens is 1. The molecule has 0 radical (unpaired) electrons. The van der Waals surface area contributed by atoms with Crippen molar-refractivity contribution >= 4 is 23.0 Å². The summed E-state index contributed by atoms with van der Waals surface area (Å²) in [5, 5.41) is 16.6. The summed E-state index contributed by atoms with van der Waals surface area (Å²) in [5.74, 6) is -0.587. The van der Waals surface area contributed by atoms with Crippen molar-refractivity contribution in [2.24, 2.45) is 0 Å². The summed E-state index contributed by atoms with van der Waals surface area (Å²) in [7, 11) is 0. The summed E-state index contributed by atoms with van der Waals surface area (Å²) in [6.07, 6.45) is 1.24. The predicted octanol–water partition coefficient (Wildman–Crippen LogP) is 4.08. The van der Waals surface area contributed by atoms with Gasteiger partial charge in [-0.05, 0) is 30.2 Å². The van der Waals surface area contributed by atoms with Crippen molar-refractivity contribution in [3.63, 3.8) is 0 Å². The minimum absolute atomic E-state index is 0.0428. The van der Waals surface area contributed by atoms with Gasteiger partial charge in [0.05, 0.1) is 4.92 Å². The Morgan fingerprint density at radius 1 is 1.21 bits per heavy atom. The van der Waals surface area contributed by atoms with E-state index in [-0.39, 0.29) is 17.3 Å². The van der Waals surface area contributed by atoms with Crippen molar-refractivity contribution in [3.8, 4) is 0 Å². The highest BCUT2D eigenvalue weighted by molar-refractivity contribution is 5.90. The lowest BCUT2D eigenvalue weighted by molar-refractivity contribution is -0.384. The lowest BCUT2D eigenvalue weighted by Crippen LogP contribution is -2.10. The number of nitro benzene ring substituents is 1. The van der Waals surface area contributed by atoms with Gasteiger partial charge in [-0.1, -0.05) is 19.1 Å². The van der Waals surface area contributed by atoms with Crippen LogP contribution in [0.2, 0.25) is 0 Å². The molecule has 2 rings (SSSR count).